The van der Waals surface area contributed by atoms with Crippen molar-refractivity contribution in [3.8, 4) is 0 Å². The fourth-order valence-electron chi connectivity index (χ4n) is 3.19. The molecule has 1 aromatic heterocycles. The van der Waals surface area contributed by atoms with E-state index < -0.39 is 6.04 Å². The number of aromatic nitrogens is 3. The van der Waals surface area contributed by atoms with Gasteiger partial charge in [0.2, 0.25) is 11.9 Å². The molecule has 0 saturated heterocycles. The van der Waals surface area contributed by atoms with Crippen molar-refractivity contribution in [1.29, 1.82) is 0 Å². The van der Waals surface area contributed by atoms with Gasteiger partial charge in [-0.15, -0.1) is 0 Å². The molecule has 2 aromatic carbocycles. The molecule has 7 nitrogen and oxygen atoms in total. The van der Waals surface area contributed by atoms with Crippen LogP contribution in [0.3, 0.4) is 0 Å². The highest BCUT2D eigenvalue weighted by Gasteiger charge is 2.34. The zero-order chi connectivity index (χ0) is 18.1. The number of hydrogen-bond donors (Lipinski definition) is 2. The molecule has 0 radical (unpaired) electrons. The van der Waals surface area contributed by atoms with Gasteiger partial charge in [-0.2, -0.15) is 10.1 Å². The Kier molecular flexibility index (Phi) is 4.12. The normalized spacial score (nSPS) is 15.7. The van der Waals surface area contributed by atoms with E-state index in [0.717, 1.165) is 29.3 Å². The van der Waals surface area contributed by atoms with Crippen molar-refractivity contribution >= 4 is 34.2 Å². The fourth-order valence-corrected chi connectivity index (χ4v) is 3.19. The molecule has 1 aliphatic rings. The van der Waals surface area contributed by atoms with Crippen LogP contribution in [0, 0.1) is 0 Å². The lowest BCUT2D eigenvalue weighted by Crippen LogP contribution is -2.24. The standard InChI is InChI=1S/C19H19N5O2/c1-2-6-16-21-19-22-18(26)15(24(19)23-16)11-17(25)20-14-10-5-8-12-7-3-4-9-13(12)14/h3-5,7-10,15H,2,6,11H2,1H3,(H,20,25)(H,21,22,23,26)/t15-/m0/s1. The smallest absolute Gasteiger partial charge is 0.252 e. The van der Waals surface area contributed by atoms with Crippen molar-refractivity contribution < 1.29 is 9.59 Å². The first-order valence-electron chi connectivity index (χ1n) is 8.69. The topological polar surface area (TPSA) is 88.9 Å². The Hall–Kier alpha value is -3.22. The molecule has 1 atom stereocenters. The number of aryl methyl sites for hydroxylation is 1. The SMILES string of the molecule is CCCc1nc2n(n1)[C@@H](CC(=O)Nc1cccc3ccccc13)C(=O)N2. The quantitative estimate of drug-likeness (QED) is 0.741. The number of rotatable bonds is 5. The molecule has 0 saturated carbocycles. The van der Waals surface area contributed by atoms with Crippen LogP contribution in [0.1, 0.15) is 31.6 Å². The van der Waals surface area contributed by atoms with Crippen LogP contribution in [0.15, 0.2) is 42.5 Å². The molecule has 1 aliphatic heterocycles. The van der Waals surface area contributed by atoms with Gasteiger partial charge in [0.05, 0.1) is 6.42 Å². The van der Waals surface area contributed by atoms with E-state index in [1.165, 1.54) is 4.68 Å². The molecule has 0 unspecified atom stereocenters. The van der Waals surface area contributed by atoms with E-state index in [2.05, 4.69) is 20.7 Å². The third-order valence-corrected chi connectivity index (χ3v) is 4.42. The van der Waals surface area contributed by atoms with Crippen LogP contribution in [0.5, 0.6) is 0 Å². The number of fused-ring (bicyclic) bond motifs is 2. The summed E-state index contributed by atoms with van der Waals surface area (Å²) in [4.78, 5) is 29.0. The summed E-state index contributed by atoms with van der Waals surface area (Å²) in [6, 6.07) is 12.9. The minimum absolute atomic E-state index is 0.0109. The highest BCUT2D eigenvalue weighted by atomic mass is 16.2. The molecule has 2 N–H and O–H groups in total. The predicted molar refractivity (Wildman–Crippen MR) is 98.9 cm³/mol. The first-order chi connectivity index (χ1) is 12.7. The highest BCUT2D eigenvalue weighted by Crippen LogP contribution is 2.27. The number of nitrogens with one attached hydrogen (secondary N) is 2. The lowest BCUT2D eigenvalue weighted by molar-refractivity contribution is -0.123. The van der Waals surface area contributed by atoms with E-state index in [0.29, 0.717) is 11.8 Å². The van der Waals surface area contributed by atoms with Crippen molar-refractivity contribution in [2.24, 2.45) is 0 Å². The number of hydrogen-bond acceptors (Lipinski definition) is 4. The summed E-state index contributed by atoms with van der Waals surface area (Å²) < 4.78 is 1.52. The third kappa shape index (κ3) is 2.92. The third-order valence-electron chi connectivity index (χ3n) is 4.42. The van der Waals surface area contributed by atoms with Crippen LogP contribution in [0.4, 0.5) is 11.6 Å². The molecule has 7 heteroatoms. The maximum Gasteiger partial charge on any atom is 0.252 e. The van der Waals surface area contributed by atoms with E-state index >= 15 is 0 Å². The van der Waals surface area contributed by atoms with E-state index in [4.69, 9.17) is 0 Å². The van der Waals surface area contributed by atoms with Crippen LogP contribution >= 0.6 is 0 Å². The summed E-state index contributed by atoms with van der Waals surface area (Å²) >= 11 is 0. The minimum atomic E-state index is -0.668. The Labute approximate surface area is 150 Å². The lowest BCUT2D eigenvalue weighted by atomic mass is 10.1. The molecule has 0 bridgehead atoms. The van der Waals surface area contributed by atoms with Gasteiger partial charge in [-0.1, -0.05) is 43.3 Å². The molecule has 0 spiro atoms. The van der Waals surface area contributed by atoms with Crippen LogP contribution in [0.2, 0.25) is 0 Å². The molecular weight excluding hydrogens is 330 g/mol. The summed E-state index contributed by atoms with van der Waals surface area (Å²) in [5, 5.41) is 12.0. The molecule has 0 aliphatic carbocycles. The van der Waals surface area contributed by atoms with Crippen molar-refractivity contribution in [1.82, 2.24) is 14.8 Å². The predicted octanol–water partition coefficient (Wildman–Crippen LogP) is 2.91. The van der Waals surface area contributed by atoms with Crippen LogP contribution in [-0.4, -0.2) is 26.6 Å². The number of carbonyl (C=O) groups excluding carboxylic acids is 2. The lowest BCUT2D eigenvalue weighted by Gasteiger charge is -2.11. The Morgan fingerprint density at radius 2 is 2.04 bits per heavy atom. The van der Waals surface area contributed by atoms with Gasteiger partial charge in [0.25, 0.3) is 5.91 Å². The monoisotopic (exact) mass is 349 g/mol. The second kappa shape index (κ2) is 6.59. The molecule has 0 fully saturated rings. The van der Waals surface area contributed by atoms with E-state index in [1.807, 2.05) is 49.4 Å². The van der Waals surface area contributed by atoms with Gasteiger partial charge in [0.1, 0.15) is 6.04 Å². The second-order valence-corrected chi connectivity index (χ2v) is 6.33. The van der Waals surface area contributed by atoms with Crippen LogP contribution < -0.4 is 10.6 Å². The largest absolute Gasteiger partial charge is 0.325 e. The average molecular weight is 349 g/mol. The number of anilines is 2. The number of nitrogens with zero attached hydrogens (tertiary/aromatic N) is 3. The summed E-state index contributed by atoms with van der Waals surface area (Å²) in [5.41, 5.74) is 0.733. The molecule has 26 heavy (non-hydrogen) atoms. The fraction of sp³-hybridized carbons (Fsp3) is 0.263. The zero-order valence-corrected chi connectivity index (χ0v) is 14.4. The Morgan fingerprint density at radius 3 is 2.88 bits per heavy atom. The van der Waals surface area contributed by atoms with Gasteiger partial charge in [-0.05, 0) is 17.9 Å². The summed E-state index contributed by atoms with van der Waals surface area (Å²) in [6.45, 7) is 2.04. The van der Waals surface area contributed by atoms with E-state index in [1.54, 1.807) is 0 Å². The molecule has 2 amide bonds. The van der Waals surface area contributed by atoms with Crippen molar-refractivity contribution in [2.75, 3.05) is 10.6 Å². The maximum absolute atomic E-state index is 12.5. The molecule has 3 aromatic rings. The van der Waals surface area contributed by atoms with Gasteiger partial charge in [-0.25, -0.2) is 4.68 Å². The van der Waals surface area contributed by atoms with Gasteiger partial charge < -0.3 is 5.32 Å². The molecule has 2 heterocycles. The molecular formula is C19H19N5O2. The van der Waals surface area contributed by atoms with Gasteiger partial charge >= 0.3 is 0 Å². The Balaban J connectivity index is 1.52. The molecule has 132 valence electrons. The van der Waals surface area contributed by atoms with Gasteiger partial charge in [-0.3, -0.25) is 14.9 Å². The number of amides is 2. The number of carbonyl (C=O) groups is 2. The van der Waals surface area contributed by atoms with E-state index in [9.17, 15) is 9.59 Å². The van der Waals surface area contributed by atoms with Crippen LogP contribution in [0.25, 0.3) is 10.8 Å². The van der Waals surface area contributed by atoms with Crippen molar-refractivity contribution in [2.45, 2.75) is 32.2 Å². The summed E-state index contributed by atoms with van der Waals surface area (Å²) in [6.07, 6.45) is 1.67. The van der Waals surface area contributed by atoms with Crippen molar-refractivity contribution in [3.63, 3.8) is 0 Å². The maximum atomic E-state index is 12.5. The van der Waals surface area contributed by atoms with Crippen LogP contribution in [-0.2, 0) is 16.0 Å². The average Bonchev–Trinajstić information content (AvgIpc) is 3.14. The van der Waals surface area contributed by atoms with E-state index in [-0.39, 0.29) is 18.2 Å². The number of benzene rings is 2. The Morgan fingerprint density at radius 1 is 1.23 bits per heavy atom. The second-order valence-electron chi connectivity index (χ2n) is 6.33. The minimum Gasteiger partial charge on any atom is -0.325 e. The summed E-state index contributed by atoms with van der Waals surface area (Å²) in [5.74, 6) is 0.612. The summed E-state index contributed by atoms with van der Waals surface area (Å²) in [7, 11) is 0. The first-order valence-corrected chi connectivity index (χ1v) is 8.69. The Bertz CT molecular complexity index is 989. The first kappa shape index (κ1) is 16.3. The van der Waals surface area contributed by atoms with Gasteiger partial charge in [0, 0.05) is 17.5 Å². The molecule has 4 rings (SSSR count). The highest BCUT2D eigenvalue weighted by molar-refractivity contribution is 6.04. The zero-order valence-electron chi connectivity index (χ0n) is 14.4. The van der Waals surface area contributed by atoms with Crippen molar-refractivity contribution in [3.05, 3.63) is 48.3 Å². The van der Waals surface area contributed by atoms with Gasteiger partial charge in [0.15, 0.2) is 5.82 Å².